The fourth-order valence-electron chi connectivity index (χ4n) is 2.69. The normalized spacial score (nSPS) is 13.7. The minimum absolute atomic E-state index is 0.176. The summed E-state index contributed by atoms with van der Waals surface area (Å²) in [6.07, 6.45) is 3.71. The van der Waals surface area contributed by atoms with Gasteiger partial charge in [-0.25, -0.2) is 4.98 Å². The number of hydrogen-bond donors (Lipinski definition) is 2. The Hall–Kier alpha value is -1.89. The molecule has 0 saturated heterocycles. The first-order valence-electron chi connectivity index (χ1n) is 8.35. The number of fused-ring (bicyclic) bond motifs is 1. The first-order valence-corrected chi connectivity index (χ1v) is 8.35. The number of amides is 2. The zero-order valence-corrected chi connectivity index (χ0v) is 14.3. The molecule has 0 radical (unpaired) electrons. The first kappa shape index (κ1) is 17.5. The van der Waals surface area contributed by atoms with E-state index in [2.05, 4.69) is 15.6 Å². The molecule has 2 rings (SSSR count). The van der Waals surface area contributed by atoms with Gasteiger partial charge in [0.25, 0.3) is 11.8 Å². The molecule has 1 aromatic rings. The van der Waals surface area contributed by atoms with E-state index in [0.29, 0.717) is 24.6 Å². The summed E-state index contributed by atoms with van der Waals surface area (Å²) in [5, 5.41) is 5.74. The number of rotatable bonds is 7. The predicted molar refractivity (Wildman–Crippen MR) is 88.7 cm³/mol. The summed E-state index contributed by atoms with van der Waals surface area (Å²) in [5.41, 5.74) is 1.30. The van der Waals surface area contributed by atoms with Gasteiger partial charge in [0.2, 0.25) is 0 Å². The highest BCUT2D eigenvalue weighted by Gasteiger charge is 2.27. The Morgan fingerprint density at radius 2 is 1.91 bits per heavy atom. The van der Waals surface area contributed by atoms with E-state index in [4.69, 9.17) is 0 Å². The number of nitrogens with one attached hydrogen (secondary N) is 2. The molecular formula is C16H27N5O2. The molecule has 1 aliphatic heterocycles. The van der Waals surface area contributed by atoms with Gasteiger partial charge >= 0.3 is 0 Å². The summed E-state index contributed by atoms with van der Waals surface area (Å²) in [6.45, 7) is 4.70. The first-order chi connectivity index (χ1) is 11.0. The highest BCUT2D eigenvalue weighted by atomic mass is 16.2. The molecule has 0 saturated carbocycles. The molecule has 23 heavy (non-hydrogen) atoms. The van der Waals surface area contributed by atoms with Crippen molar-refractivity contribution in [3.05, 3.63) is 17.2 Å². The second-order valence-electron chi connectivity index (χ2n) is 6.15. The maximum atomic E-state index is 12.4. The number of hydrogen-bond acceptors (Lipinski definition) is 4. The van der Waals surface area contributed by atoms with Crippen molar-refractivity contribution in [3.63, 3.8) is 0 Å². The molecule has 2 heterocycles. The van der Waals surface area contributed by atoms with Gasteiger partial charge in [0, 0.05) is 26.2 Å². The lowest BCUT2D eigenvalue weighted by molar-refractivity contribution is 0.0935. The van der Waals surface area contributed by atoms with Gasteiger partial charge in [-0.2, -0.15) is 0 Å². The van der Waals surface area contributed by atoms with Gasteiger partial charge in [-0.3, -0.25) is 9.59 Å². The van der Waals surface area contributed by atoms with Gasteiger partial charge in [-0.15, -0.1) is 0 Å². The maximum Gasteiger partial charge on any atom is 0.287 e. The number of nitrogens with zero attached hydrogens (tertiary/aromatic N) is 3. The van der Waals surface area contributed by atoms with Crippen LogP contribution in [0.1, 0.15) is 53.0 Å². The van der Waals surface area contributed by atoms with Crippen LogP contribution in [0.5, 0.6) is 0 Å². The zero-order valence-electron chi connectivity index (χ0n) is 14.3. The summed E-state index contributed by atoms with van der Waals surface area (Å²) in [5.74, 6) is -0.0190. The second kappa shape index (κ2) is 8.10. The lowest BCUT2D eigenvalue weighted by atomic mass is 10.1. The van der Waals surface area contributed by atoms with Crippen molar-refractivity contribution in [1.82, 2.24) is 25.1 Å². The third-order valence-corrected chi connectivity index (χ3v) is 3.92. The monoisotopic (exact) mass is 321 g/mol. The van der Waals surface area contributed by atoms with Crippen molar-refractivity contribution in [1.29, 1.82) is 0 Å². The average Bonchev–Trinajstić information content (AvgIpc) is 2.92. The quantitative estimate of drug-likeness (QED) is 0.773. The Morgan fingerprint density at radius 1 is 1.17 bits per heavy atom. The third kappa shape index (κ3) is 4.31. The lowest BCUT2D eigenvalue weighted by Gasteiger charge is -2.17. The van der Waals surface area contributed by atoms with E-state index in [1.165, 1.54) is 0 Å². The largest absolute Gasteiger partial charge is 0.351 e. The average molecular weight is 321 g/mol. The number of aromatic nitrogens is 2. The summed E-state index contributed by atoms with van der Waals surface area (Å²) in [6, 6.07) is 0. The highest BCUT2D eigenvalue weighted by molar-refractivity contribution is 5.97. The summed E-state index contributed by atoms with van der Waals surface area (Å²) in [7, 11) is 3.92. The number of carbonyl (C=O) groups excluding carboxylic acids is 2. The van der Waals surface area contributed by atoms with E-state index < -0.39 is 0 Å². The van der Waals surface area contributed by atoms with E-state index in [9.17, 15) is 9.59 Å². The Kier molecular flexibility index (Phi) is 6.15. The second-order valence-corrected chi connectivity index (χ2v) is 6.15. The van der Waals surface area contributed by atoms with Crippen LogP contribution in [0.2, 0.25) is 0 Å². The van der Waals surface area contributed by atoms with Crippen LogP contribution in [-0.2, 0) is 13.0 Å². The summed E-state index contributed by atoms with van der Waals surface area (Å²) < 4.78 is 1.91. The van der Waals surface area contributed by atoms with Gasteiger partial charge in [-0.05, 0) is 39.8 Å². The van der Waals surface area contributed by atoms with Crippen LogP contribution in [0.3, 0.4) is 0 Å². The van der Waals surface area contributed by atoms with E-state index in [1.54, 1.807) is 0 Å². The lowest BCUT2D eigenvalue weighted by Crippen LogP contribution is -2.33. The van der Waals surface area contributed by atoms with Gasteiger partial charge in [-0.1, -0.05) is 6.92 Å². The standard InChI is InChI=1S/C16H27N5O2/c1-4-8-17-15(22)13-12-7-5-6-10-21(12)14(19-13)16(23)18-9-11-20(2)3/h4-11H2,1-3H3,(H,17,22)(H,18,23). The van der Waals surface area contributed by atoms with E-state index in [-0.39, 0.29) is 11.8 Å². The Labute approximate surface area is 137 Å². The summed E-state index contributed by atoms with van der Waals surface area (Å²) >= 11 is 0. The Morgan fingerprint density at radius 3 is 2.61 bits per heavy atom. The van der Waals surface area contributed by atoms with Gasteiger partial charge in [0.05, 0.1) is 5.69 Å². The fourth-order valence-corrected chi connectivity index (χ4v) is 2.69. The van der Waals surface area contributed by atoms with Gasteiger partial charge in [0.1, 0.15) is 5.69 Å². The molecule has 0 spiro atoms. The minimum Gasteiger partial charge on any atom is -0.351 e. The van der Waals surface area contributed by atoms with E-state index in [1.807, 2.05) is 30.5 Å². The molecule has 0 bridgehead atoms. The molecule has 1 aliphatic rings. The molecule has 1 aromatic heterocycles. The molecule has 2 amide bonds. The SMILES string of the molecule is CCCNC(=O)c1nc(C(=O)NCCN(C)C)n2c1CCCC2. The fraction of sp³-hybridized carbons (Fsp3) is 0.688. The van der Waals surface area contributed by atoms with Crippen LogP contribution < -0.4 is 10.6 Å². The highest BCUT2D eigenvalue weighted by Crippen LogP contribution is 2.21. The molecule has 0 atom stereocenters. The van der Waals surface area contributed by atoms with Crippen molar-refractivity contribution >= 4 is 11.8 Å². The van der Waals surface area contributed by atoms with Crippen molar-refractivity contribution < 1.29 is 9.59 Å². The Bertz CT molecular complexity index is 565. The molecule has 0 aliphatic carbocycles. The molecule has 0 fully saturated rings. The van der Waals surface area contributed by atoms with Crippen molar-refractivity contribution in [2.24, 2.45) is 0 Å². The van der Waals surface area contributed by atoms with Crippen molar-refractivity contribution in [2.45, 2.75) is 39.2 Å². The minimum atomic E-state index is -0.204. The maximum absolute atomic E-state index is 12.4. The van der Waals surface area contributed by atoms with Crippen LogP contribution in [-0.4, -0.2) is 60.0 Å². The third-order valence-electron chi connectivity index (χ3n) is 3.92. The summed E-state index contributed by atoms with van der Waals surface area (Å²) in [4.78, 5) is 31.1. The molecule has 128 valence electrons. The van der Waals surface area contributed by atoms with Crippen LogP contribution >= 0.6 is 0 Å². The van der Waals surface area contributed by atoms with E-state index >= 15 is 0 Å². The molecular weight excluding hydrogens is 294 g/mol. The molecule has 7 heteroatoms. The number of imidazole rings is 1. The van der Waals surface area contributed by atoms with E-state index in [0.717, 1.165) is 44.5 Å². The van der Waals surface area contributed by atoms with Crippen LogP contribution in [0.15, 0.2) is 0 Å². The van der Waals surface area contributed by atoms with Crippen molar-refractivity contribution in [3.8, 4) is 0 Å². The Balaban J connectivity index is 2.17. The molecule has 0 aromatic carbocycles. The van der Waals surface area contributed by atoms with Crippen LogP contribution in [0.25, 0.3) is 0 Å². The van der Waals surface area contributed by atoms with Crippen LogP contribution in [0, 0.1) is 0 Å². The van der Waals surface area contributed by atoms with Gasteiger partial charge < -0.3 is 20.1 Å². The number of likely N-dealkylation sites (N-methyl/N-ethyl adjacent to an activating group) is 1. The smallest absolute Gasteiger partial charge is 0.287 e. The van der Waals surface area contributed by atoms with Crippen molar-refractivity contribution in [2.75, 3.05) is 33.7 Å². The van der Waals surface area contributed by atoms with Gasteiger partial charge in [0.15, 0.2) is 5.82 Å². The zero-order chi connectivity index (χ0) is 16.8. The number of carbonyl (C=O) groups is 2. The van der Waals surface area contributed by atoms with Crippen LogP contribution in [0.4, 0.5) is 0 Å². The molecule has 2 N–H and O–H groups in total. The molecule has 0 unspecified atom stereocenters. The topological polar surface area (TPSA) is 79.3 Å². The predicted octanol–water partition coefficient (Wildman–Crippen LogP) is 0.651. The molecule has 7 nitrogen and oxygen atoms in total.